The summed E-state index contributed by atoms with van der Waals surface area (Å²) in [4.78, 5) is 25.6. The van der Waals surface area contributed by atoms with Crippen LogP contribution in [0.3, 0.4) is 0 Å². The van der Waals surface area contributed by atoms with Crippen molar-refractivity contribution in [2.75, 3.05) is 0 Å². The summed E-state index contributed by atoms with van der Waals surface area (Å²) in [7, 11) is 0. The van der Waals surface area contributed by atoms with Gasteiger partial charge in [-0.25, -0.2) is 0 Å². The van der Waals surface area contributed by atoms with Crippen LogP contribution in [0.15, 0.2) is 12.3 Å². The van der Waals surface area contributed by atoms with E-state index in [4.69, 9.17) is 11.6 Å². The van der Waals surface area contributed by atoms with Gasteiger partial charge >= 0.3 is 0 Å². The highest BCUT2D eigenvalue weighted by Crippen LogP contribution is 2.27. The summed E-state index contributed by atoms with van der Waals surface area (Å²) in [6.45, 7) is 3.32. The topological polar surface area (TPSA) is 73.1 Å². The van der Waals surface area contributed by atoms with Gasteiger partial charge in [-0.15, -0.1) is 0 Å². The molecule has 6 heteroatoms. The zero-order valence-corrected chi connectivity index (χ0v) is 9.69. The number of aromatic nitrogens is 1. The molecule has 0 aliphatic carbocycles. The minimum atomic E-state index is -0.581. The van der Waals surface area contributed by atoms with Crippen molar-refractivity contribution in [3.05, 3.63) is 33.1 Å². The second-order valence-corrected chi connectivity index (χ2v) is 3.79. The van der Waals surface area contributed by atoms with Gasteiger partial charge in [-0.3, -0.25) is 19.9 Å². The Morgan fingerprint density at radius 1 is 1.69 bits per heavy atom. The molecule has 86 valence electrons. The van der Waals surface area contributed by atoms with Crippen LogP contribution in [0.2, 0.25) is 5.02 Å². The molecule has 1 aromatic rings. The third-order valence-electron chi connectivity index (χ3n) is 2.30. The van der Waals surface area contributed by atoms with Crippen LogP contribution >= 0.6 is 11.6 Å². The van der Waals surface area contributed by atoms with Gasteiger partial charge in [-0.05, 0) is 6.92 Å². The lowest BCUT2D eigenvalue weighted by Crippen LogP contribution is -2.11. The molecule has 16 heavy (non-hydrogen) atoms. The molecule has 0 fully saturated rings. The predicted octanol–water partition coefficient (Wildman–Crippen LogP) is 2.73. The largest absolute Gasteiger partial charge is 0.299 e. The number of rotatable bonds is 4. The van der Waals surface area contributed by atoms with E-state index in [2.05, 4.69) is 4.98 Å². The van der Waals surface area contributed by atoms with Crippen molar-refractivity contribution in [1.82, 2.24) is 4.98 Å². The van der Waals surface area contributed by atoms with Crippen LogP contribution in [0.25, 0.3) is 0 Å². The molecule has 0 aliphatic heterocycles. The monoisotopic (exact) mass is 242 g/mol. The van der Waals surface area contributed by atoms with Crippen molar-refractivity contribution < 1.29 is 9.72 Å². The molecule has 0 saturated carbocycles. The average Bonchev–Trinajstić information content (AvgIpc) is 2.26. The molecule has 0 amide bonds. The van der Waals surface area contributed by atoms with E-state index in [0.29, 0.717) is 6.42 Å². The average molecular weight is 243 g/mol. The zero-order valence-electron chi connectivity index (χ0n) is 8.94. The van der Waals surface area contributed by atoms with Crippen molar-refractivity contribution in [3.8, 4) is 0 Å². The van der Waals surface area contributed by atoms with Crippen molar-refractivity contribution in [2.24, 2.45) is 0 Å². The molecule has 0 aromatic carbocycles. The van der Waals surface area contributed by atoms with Gasteiger partial charge in [-0.1, -0.05) is 18.5 Å². The van der Waals surface area contributed by atoms with Crippen molar-refractivity contribution >= 4 is 23.1 Å². The fraction of sp³-hybridized carbons (Fsp3) is 0.400. The first-order chi connectivity index (χ1) is 7.47. The highest BCUT2D eigenvalue weighted by molar-refractivity contribution is 6.30. The minimum absolute atomic E-state index is 0.0853. The van der Waals surface area contributed by atoms with Crippen molar-refractivity contribution in [2.45, 2.75) is 26.2 Å². The molecule has 0 radical (unpaired) electrons. The number of carbonyl (C=O) groups is 1. The Bertz CT molecular complexity index is 434. The third-order valence-corrected chi connectivity index (χ3v) is 2.51. The predicted molar refractivity (Wildman–Crippen MR) is 59.6 cm³/mol. The lowest BCUT2D eigenvalue weighted by molar-refractivity contribution is -0.386. The molecule has 0 aliphatic rings. The van der Waals surface area contributed by atoms with Crippen LogP contribution in [0.4, 0.5) is 5.69 Å². The summed E-state index contributed by atoms with van der Waals surface area (Å²) in [5.41, 5.74) is -0.0388. The van der Waals surface area contributed by atoms with Crippen molar-refractivity contribution in [3.63, 3.8) is 0 Å². The lowest BCUT2D eigenvalue weighted by Gasteiger charge is -2.08. The third kappa shape index (κ3) is 2.55. The Morgan fingerprint density at radius 2 is 2.31 bits per heavy atom. The molecule has 1 aromatic heterocycles. The smallest absolute Gasteiger partial charge is 0.292 e. The van der Waals surface area contributed by atoms with E-state index in [0.717, 1.165) is 0 Å². The number of hydrogen-bond acceptors (Lipinski definition) is 4. The van der Waals surface area contributed by atoms with Gasteiger partial charge in [0.05, 0.1) is 15.9 Å². The second kappa shape index (κ2) is 5.03. The summed E-state index contributed by atoms with van der Waals surface area (Å²) in [6, 6.07) is 1.21. The number of ketones is 1. The molecule has 1 rings (SSSR count). The van der Waals surface area contributed by atoms with E-state index in [1.165, 1.54) is 12.3 Å². The number of halogens is 1. The molecule has 1 heterocycles. The number of Topliss-reactive ketones (excluding diaryl/α,β-unsaturated/α-hetero) is 1. The highest BCUT2D eigenvalue weighted by Gasteiger charge is 2.25. The van der Waals surface area contributed by atoms with E-state index < -0.39 is 10.8 Å². The second-order valence-electron chi connectivity index (χ2n) is 3.36. The molecule has 1 atom stereocenters. The Hall–Kier alpha value is -1.49. The van der Waals surface area contributed by atoms with Gasteiger partial charge in [0.1, 0.15) is 11.5 Å². The van der Waals surface area contributed by atoms with Gasteiger partial charge in [-0.2, -0.15) is 0 Å². The summed E-state index contributed by atoms with van der Waals surface area (Å²) in [5.74, 6) is -0.666. The van der Waals surface area contributed by atoms with Gasteiger partial charge < -0.3 is 0 Å². The Kier molecular flexibility index (Phi) is 3.95. The summed E-state index contributed by atoms with van der Waals surface area (Å²) in [5, 5.41) is 11.0. The van der Waals surface area contributed by atoms with Gasteiger partial charge in [0.15, 0.2) is 0 Å². The van der Waals surface area contributed by atoms with Crippen LogP contribution in [-0.4, -0.2) is 15.7 Å². The summed E-state index contributed by atoms with van der Waals surface area (Å²) in [6.07, 6.45) is 1.63. The maximum absolute atomic E-state index is 11.5. The first-order valence-corrected chi connectivity index (χ1v) is 5.17. The molecule has 0 spiro atoms. The zero-order chi connectivity index (χ0) is 12.3. The van der Waals surface area contributed by atoms with Crippen LogP contribution in [0.5, 0.6) is 0 Å². The van der Waals surface area contributed by atoms with Crippen molar-refractivity contribution in [1.29, 1.82) is 0 Å². The lowest BCUT2D eigenvalue weighted by atomic mass is 9.99. The minimum Gasteiger partial charge on any atom is -0.299 e. The van der Waals surface area contributed by atoms with E-state index in [1.54, 1.807) is 13.8 Å². The molecule has 5 nitrogen and oxygen atoms in total. The van der Waals surface area contributed by atoms with Crippen LogP contribution in [0, 0.1) is 10.1 Å². The van der Waals surface area contributed by atoms with Gasteiger partial charge in [0.25, 0.3) is 5.69 Å². The quantitative estimate of drug-likeness (QED) is 0.601. The molecule has 0 saturated heterocycles. The molecule has 0 bridgehead atoms. The van der Waals surface area contributed by atoms with Gasteiger partial charge in [0, 0.05) is 18.7 Å². The van der Waals surface area contributed by atoms with E-state index in [-0.39, 0.29) is 22.2 Å². The number of nitro groups is 1. The summed E-state index contributed by atoms with van der Waals surface area (Å²) < 4.78 is 0. The Morgan fingerprint density at radius 3 is 2.81 bits per heavy atom. The van der Waals surface area contributed by atoms with Gasteiger partial charge in [0.2, 0.25) is 0 Å². The SMILES string of the molecule is CCC(=O)C(C)c1ncc(Cl)cc1[N+](=O)[O-]. The first kappa shape index (κ1) is 12.6. The Labute approximate surface area is 97.6 Å². The normalized spacial score (nSPS) is 12.2. The van der Waals surface area contributed by atoms with E-state index in [1.807, 2.05) is 0 Å². The molecule has 0 N–H and O–H groups in total. The highest BCUT2D eigenvalue weighted by atomic mass is 35.5. The molecular formula is C10H11ClN2O3. The van der Waals surface area contributed by atoms with E-state index in [9.17, 15) is 14.9 Å². The number of nitrogens with zero attached hydrogens (tertiary/aromatic N) is 2. The van der Waals surface area contributed by atoms with E-state index >= 15 is 0 Å². The fourth-order valence-corrected chi connectivity index (χ4v) is 1.53. The number of hydrogen-bond donors (Lipinski definition) is 0. The van der Waals surface area contributed by atoms with Crippen LogP contribution in [-0.2, 0) is 4.79 Å². The maximum Gasteiger partial charge on any atom is 0.292 e. The van der Waals surface area contributed by atoms with Crippen LogP contribution in [0.1, 0.15) is 31.9 Å². The molecular weight excluding hydrogens is 232 g/mol. The maximum atomic E-state index is 11.5. The standard InChI is InChI=1S/C10H11ClN2O3/c1-3-9(14)6(2)10-8(13(15)16)4-7(11)5-12-10/h4-6H,3H2,1-2H3. The summed E-state index contributed by atoms with van der Waals surface area (Å²) >= 11 is 5.63. The number of pyridine rings is 1. The number of carbonyl (C=O) groups excluding carboxylic acids is 1. The van der Waals surface area contributed by atoms with Crippen LogP contribution < -0.4 is 0 Å². The first-order valence-electron chi connectivity index (χ1n) is 4.80. The molecule has 1 unspecified atom stereocenters. The Balaban J connectivity index is 3.22. The fourth-order valence-electron chi connectivity index (χ4n) is 1.38.